The monoisotopic (exact) mass is 426 g/mol. The van der Waals surface area contributed by atoms with Gasteiger partial charge in [0.15, 0.2) is 11.5 Å². The number of nitrogens with one attached hydrogen (secondary N) is 2. The Morgan fingerprint density at radius 1 is 0.923 bits per heavy atom. The topological polar surface area (TPSA) is 85.9 Å². The third-order valence-electron chi connectivity index (χ3n) is 3.39. The maximum absolute atomic E-state index is 13.1. The third kappa shape index (κ3) is 4.23. The van der Waals surface area contributed by atoms with Crippen LogP contribution in [0.1, 0.15) is 20.7 Å². The van der Waals surface area contributed by atoms with Gasteiger partial charge in [-0.2, -0.15) is 0 Å². The van der Waals surface area contributed by atoms with Gasteiger partial charge in [-0.3, -0.25) is 20.4 Å². The maximum atomic E-state index is 13.1. The highest BCUT2D eigenvalue weighted by Crippen LogP contribution is 2.38. The number of hydrazine groups is 1. The highest BCUT2D eigenvalue weighted by molar-refractivity contribution is 9.10. The summed E-state index contributed by atoms with van der Waals surface area (Å²) < 4.78 is 28.9. The average Bonchev–Trinajstić information content (AvgIpc) is 2.64. The van der Waals surface area contributed by atoms with Crippen molar-refractivity contribution in [2.75, 3.05) is 21.3 Å². The van der Waals surface area contributed by atoms with E-state index in [1.54, 1.807) is 0 Å². The quantitative estimate of drug-likeness (QED) is 0.717. The van der Waals surface area contributed by atoms with E-state index < -0.39 is 17.6 Å². The molecule has 138 valence electrons. The fourth-order valence-electron chi connectivity index (χ4n) is 2.14. The number of benzene rings is 2. The average molecular weight is 427 g/mol. The van der Waals surface area contributed by atoms with Gasteiger partial charge in [0.2, 0.25) is 5.75 Å². The Hall–Kier alpha value is -2.81. The Labute approximate surface area is 157 Å². The first-order chi connectivity index (χ1) is 12.4. The van der Waals surface area contributed by atoms with Crippen molar-refractivity contribution in [1.82, 2.24) is 10.9 Å². The molecule has 0 spiro atoms. The van der Waals surface area contributed by atoms with Crippen LogP contribution in [-0.4, -0.2) is 33.1 Å². The van der Waals surface area contributed by atoms with E-state index >= 15 is 0 Å². The Morgan fingerprint density at radius 2 is 1.50 bits per heavy atom. The van der Waals surface area contributed by atoms with E-state index in [0.717, 1.165) is 12.1 Å². The van der Waals surface area contributed by atoms with Gasteiger partial charge in [0.05, 0.1) is 26.9 Å². The Morgan fingerprint density at radius 3 is 2.00 bits per heavy atom. The smallest absolute Gasteiger partial charge is 0.270 e. The predicted molar refractivity (Wildman–Crippen MR) is 95.1 cm³/mol. The van der Waals surface area contributed by atoms with Crippen LogP contribution < -0.4 is 25.1 Å². The van der Waals surface area contributed by atoms with Crippen LogP contribution in [0.25, 0.3) is 0 Å². The van der Waals surface area contributed by atoms with Crippen LogP contribution in [0.15, 0.2) is 34.8 Å². The van der Waals surface area contributed by atoms with E-state index in [1.165, 1.54) is 39.5 Å². The molecule has 0 aliphatic carbocycles. The lowest BCUT2D eigenvalue weighted by Crippen LogP contribution is -2.41. The Balaban J connectivity index is 2.16. The molecular weight excluding hydrogens is 411 g/mol. The second kappa shape index (κ2) is 8.52. The first-order valence-electron chi connectivity index (χ1n) is 7.27. The zero-order valence-electron chi connectivity index (χ0n) is 14.2. The SMILES string of the molecule is COc1cc(C(=O)NNC(=O)c2ccc(F)cc2Br)cc(OC)c1OC. The molecule has 0 aliphatic heterocycles. The summed E-state index contributed by atoms with van der Waals surface area (Å²) in [5.74, 6) is -0.775. The minimum Gasteiger partial charge on any atom is -0.493 e. The van der Waals surface area contributed by atoms with Gasteiger partial charge < -0.3 is 14.2 Å². The van der Waals surface area contributed by atoms with Crippen LogP contribution in [0, 0.1) is 5.82 Å². The molecule has 0 atom stereocenters. The Bertz CT molecular complexity index is 819. The molecule has 0 fully saturated rings. The van der Waals surface area contributed by atoms with Crippen LogP contribution >= 0.6 is 15.9 Å². The zero-order chi connectivity index (χ0) is 19.3. The van der Waals surface area contributed by atoms with Crippen molar-refractivity contribution in [1.29, 1.82) is 0 Å². The van der Waals surface area contributed by atoms with Gasteiger partial charge in [0, 0.05) is 10.0 Å². The van der Waals surface area contributed by atoms with Crippen molar-refractivity contribution in [2.45, 2.75) is 0 Å². The zero-order valence-corrected chi connectivity index (χ0v) is 15.8. The maximum Gasteiger partial charge on any atom is 0.270 e. The number of carbonyl (C=O) groups is 2. The lowest BCUT2D eigenvalue weighted by molar-refractivity contribution is 0.0846. The van der Waals surface area contributed by atoms with Crippen molar-refractivity contribution in [3.8, 4) is 17.2 Å². The van der Waals surface area contributed by atoms with E-state index in [-0.39, 0.29) is 15.6 Å². The summed E-state index contributed by atoms with van der Waals surface area (Å²) >= 11 is 3.09. The molecule has 2 amide bonds. The summed E-state index contributed by atoms with van der Waals surface area (Å²) in [6, 6.07) is 6.46. The van der Waals surface area contributed by atoms with Gasteiger partial charge >= 0.3 is 0 Å². The fraction of sp³-hybridized carbons (Fsp3) is 0.176. The summed E-state index contributed by atoms with van der Waals surface area (Å²) in [6.45, 7) is 0. The molecule has 2 aromatic carbocycles. The molecule has 0 heterocycles. The molecule has 0 bridgehead atoms. The van der Waals surface area contributed by atoms with Crippen molar-refractivity contribution in [2.24, 2.45) is 0 Å². The van der Waals surface area contributed by atoms with Gasteiger partial charge in [-0.1, -0.05) is 0 Å². The minimum absolute atomic E-state index is 0.164. The molecule has 7 nitrogen and oxygen atoms in total. The lowest BCUT2D eigenvalue weighted by atomic mass is 10.1. The van der Waals surface area contributed by atoms with Crippen molar-refractivity contribution < 1.29 is 28.2 Å². The van der Waals surface area contributed by atoms with E-state index in [4.69, 9.17) is 14.2 Å². The predicted octanol–water partition coefficient (Wildman–Crippen LogP) is 2.69. The Kier molecular flexibility index (Phi) is 6.40. The first kappa shape index (κ1) is 19.5. The molecule has 0 saturated carbocycles. The lowest BCUT2D eigenvalue weighted by Gasteiger charge is -2.14. The van der Waals surface area contributed by atoms with Gasteiger partial charge in [0.1, 0.15) is 5.82 Å². The van der Waals surface area contributed by atoms with Crippen molar-refractivity contribution in [3.63, 3.8) is 0 Å². The number of hydrogen-bond acceptors (Lipinski definition) is 5. The van der Waals surface area contributed by atoms with Crippen LogP contribution in [0.2, 0.25) is 0 Å². The highest BCUT2D eigenvalue weighted by atomic mass is 79.9. The van der Waals surface area contributed by atoms with Crippen LogP contribution in [-0.2, 0) is 0 Å². The van der Waals surface area contributed by atoms with Crippen LogP contribution in [0.4, 0.5) is 4.39 Å². The van der Waals surface area contributed by atoms with Crippen LogP contribution in [0.5, 0.6) is 17.2 Å². The number of amides is 2. The number of rotatable bonds is 5. The summed E-state index contributed by atoms with van der Waals surface area (Å²) in [4.78, 5) is 24.4. The van der Waals surface area contributed by atoms with Gasteiger partial charge in [-0.25, -0.2) is 4.39 Å². The molecule has 0 radical (unpaired) electrons. The summed E-state index contributed by atoms with van der Waals surface area (Å²) in [6.07, 6.45) is 0. The van der Waals surface area contributed by atoms with Crippen LogP contribution in [0.3, 0.4) is 0 Å². The van der Waals surface area contributed by atoms with E-state index in [2.05, 4.69) is 26.8 Å². The molecule has 9 heteroatoms. The third-order valence-corrected chi connectivity index (χ3v) is 4.05. The first-order valence-corrected chi connectivity index (χ1v) is 8.06. The molecule has 0 unspecified atom stereocenters. The molecule has 26 heavy (non-hydrogen) atoms. The molecule has 2 N–H and O–H groups in total. The molecule has 0 aromatic heterocycles. The molecule has 2 aromatic rings. The normalized spacial score (nSPS) is 10.0. The molecule has 0 saturated heterocycles. The van der Waals surface area contributed by atoms with Gasteiger partial charge in [-0.05, 0) is 46.3 Å². The van der Waals surface area contributed by atoms with E-state index in [0.29, 0.717) is 17.2 Å². The van der Waals surface area contributed by atoms with E-state index in [1.807, 2.05) is 0 Å². The molecule has 2 rings (SSSR count). The molecular formula is C17H16BrFN2O5. The number of ether oxygens (including phenoxy) is 3. The standard InChI is InChI=1S/C17H16BrFN2O5/c1-24-13-6-9(7-14(25-2)15(13)26-3)16(22)20-21-17(23)11-5-4-10(19)8-12(11)18/h4-8H,1-3H3,(H,20,22)(H,21,23). The van der Waals surface area contributed by atoms with Crippen molar-refractivity contribution >= 4 is 27.7 Å². The number of hydrogen-bond donors (Lipinski definition) is 2. The van der Waals surface area contributed by atoms with Gasteiger partial charge in [0.25, 0.3) is 11.8 Å². The fourth-order valence-corrected chi connectivity index (χ4v) is 2.67. The second-order valence-electron chi connectivity index (χ2n) is 4.95. The number of halogens is 2. The molecule has 0 aliphatic rings. The van der Waals surface area contributed by atoms with Crippen molar-refractivity contribution in [3.05, 3.63) is 51.7 Å². The number of carbonyl (C=O) groups excluding carboxylic acids is 2. The van der Waals surface area contributed by atoms with E-state index in [9.17, 15) is 14.0 Å². The second-order valence-corrected chi connectivity index (χ2v) is 5.80. The minimum atomic E-state index is -0.613. The summed E-state index contributed by atoms with van der Waals surface area (Å²) in [7, 11) is 4.29. The summed E-state index contributed by atoms with van der Waals surface area (Å²) in [5, 5.41) is 0. The van der Waals surface area contributed by atoms with Gasteiger partial charge in [-0.15, -0.1) is 0 Å². The highest BCUT2D eigenvalue weighted by Gasteiger charge is 2.18. The largest absolute Gasteiger partial charge is 0.493 e. The summed E-state index contributed by atoms with van der Waals surface area (Å²) in [5.41, 5.74) is 4.87. The number of methoxy groups -OCH3 is 3.